The Morgan fingerprint density at radius 3 is 2.75 bits per heavy atom. The van der Waals surface area contributed by atoms with E-state index in [-0.39, 0.29) is 23.7 Å². The molecular formula is C15H16ClFN2O. The summed E-state index contributed by atoms with van der Waals surface area (Å²) in [4.78, 5) is 4.06. The number of aliphatic hydroxyl groups is 1. The Morgan fingerprint density at radius 2 is 2.15 bits per heavy atom. The van der Waals surface area contributed by atoms with Gasteiger partial charge in [-0.25, -0.2) is 4.39 Å². The average molecular weight is 295 g/mol. The maximum atomic E-state index is 13.5. The van der Waals surface area contributed by atoms with Gasteiger partial charge in [-0.05, 0) is 36.2 Å². The summed E-state index contributed by atoms with van der Waals surface area (Å²) in [5.41, 5.74) is 1.66. The molecule has 2 aromatic rings. The molecule has 1 aromatic carbocycles. The molecular weight excluding hydrogens is 279 g/mol. The fourth-order valence-corrected chi connectivity index (χ4v) is 2.13. The lowest BCUT2D eigenvalue weighted by Gasteiger charge is -2.22. The third-order valence-electron chi connectivity index (χ3n) is 3.16. The second-order valence-electron chi connectivity index (χ2n) is 4.58. The average Bonchev–Trinajstić information content (AvgIpc) is 2.48. The zero-order valence-electron chi connectivity index (χ0n) is 11.1. The van der Waals surface area contributed by atoms with Gasteiger partial charge in [0, 0.05) is 18.4 Å². The molecule has 5 heteroatoms. The molecule has 2 N–H and O–H groups in total. The summed E-state index contributed by atoms with van der Waals surface area (Å²) < 4.78 is 13.5. The third-order valence-corrected chi connectivity index (χ3v) is 3.47. The van der Waals surface area contributed by atoms with Crippen LogP contribution in [0.25, 0.3) is 0 Å². The minimum Gasteiger partial charge on any atom is -0.394 e. The van der Waals surface area contributed by atoms with Crippen molar-refractivity contribution in [3.8, 4) is 0 Å². The summed E-state index contributed by atoms with van der Waals surface area (Å²) >= 11 is 5.66. The van der Waals surface area contributed by atoms with Gasteiger partial charge in [0.25, 0.3) is 0 Å². The third kappa shape index (κ3) is 3.54. The van der Waals surface area contributed by atoms with Gasteiger partial charge in [0.1, 0.15) is 5.82 Å². The Bertz CT molecular complexity index is 565. The molecule has 0 aliphatic heterocycles. The van der Waals surface area contributed by atoms with Gasteiger partial charge in [-0.3, -0.25) is 4.98 Å². The molecule has 0 amide bonds. The largest absolute Gasteiger partial charge is 0.394 e. The Labute approximate surface area is 122 Å². The molecule has 106 valence electrons. The van der Waals surface area contributed by atoms with Crippen LogP contribution in [0.4, 0.5) is 4.39 Å². The smallest absolute Gasteiger partial charge is 0.142 e. The molecule has 0 aliphatic carbocycles. The number of nitrogens with one attached hydrogen (secondary N) is 1. The van der Waals surface area contributed by atoms with E-state index >= 15 is 0 Å². The summed E-state index contributed by atoms with van der Waals surface area (Å²) in [6, 6.07) is 7.95. The van der Waals surface area contributed by atoms with E-state index in [1.54, 1.807) is 18.5 Å². The van der Waals surface area contributed by atoms with Gasteiger partial charge in [0.15, 0.2) is 0 Å². The first-order valence-electron chi connectivity index (χ1n) is 6.33. The van der Waals surface area contributed by atoms with Crippen molar-refractivity contribution >= 4 is 11.6 Å². The van der Waals surface area contributed by atoms with E-state index in [1.165, 1.54) is 12.1 Å². The van der Waals surface area contributed by atoms with Crippen molar-refractivity contribution in [3.05, 3.63) is 64.7 Å². The van der Waals surface area contributed by atoms with Crippen LogP contribution in [0.5, 0.6) is 0 Å². The van der Waals surface area contributed by atoms with Crippen LogP contribution < -0.4 is 5.32 Å². The number of rotatable bonds is 5. The van der Waals surface area contributed by atoms with Gasteiger partial charge >= 0.3 is 0 Å². The van der Waals surface area contributed by atoms with Crippen molar-refractivity contribution in [2.75, 3.05) is 6.61 Å². The molecule has 0 saturated heterocycles. The van der Waals surface area contributed by atoms with Crippen molar-refractivity contribution < 1.29 is 9.50 Å². The summed E-state index contributed by atoms with van der Waals surface area (Å²) in [6.07, 6.45) is 3.46. The van der Waals surface area contributed by atoms with E-state index in [1.807, 2.05) is 19.1 Å². The molecule has 0 fully saturated rings. The van der Waals surface area contributed by atoms with Gasteiger partial charge in [-0.15, -0.1) is 0 Å². The lowest BCUT2D eigenvalue weighted by atomic mass is 10.0. The molecule has 1 heterocycles. The first-order valence-corrected chi connectivity index (χ1v) is 6.71. The van der Waals surface area contributed by atoms with Gasteiger partial charge in [0.2, 0.25) is 0 Å². The molecule has 20 heavy (non-hydrogen) atoms. The maximum absolute atomic E-state index is 13.5. The first-order chi connectivity index (χ1) is 9.61. The van der Waals surface area contributed by atoms with Gasteiger partial charge in [0.05, 0.1) is 17.7 Å². The van der Waals surface area contributed by atoms with Crippen LogP contribution in [0.15, 0.2) is 42.7 Å². The number of aromatic nitrogens is 1. The number of nitrogens with zero attached hydrogens (tertiary/aromatic N) is 1. The van der Waals surface area contributed by atoms with E-state index in [2.05, 4.69) is 10.3 Å². The summed E-state index contributed by atoms with van der Waals surface area (Å²) in [5, 5.41) is 12.8. The van der Waals surface area contributed by atoms with Crippen LogP contribution in [0.3, 0.4) is 0 Å². The predicted octanol–water partition coefficient (Wildman–Crippen LogP) is 3.26. The highest BCUT2D eigenvalue weighted by Gasteiger charge is 2.16. The quantitative estimate of drug-likeness (QED) is 0.890. The number of halogens is 2. The monoisotopic (exact) mass is 294 g/mol. The minimum absolute atomic E-state index is 0.0143. The second kappa shape index (κ2) is 6.79. The van der Waals surface area contributed by atoms with Gasteiger partial charge < -0.3 is 10.4 Å². The Morgan fingerprint density at radius 1 is 1.35 bits per heavy atom. The zero-order valence-corrected chi connectivity index (χ0v) is 11.8. The standard InChI is InChI=1S/C15H16ClFN2O/c1-10(12-3-2-6-18-8-12)19-15(9-20)11-4-5-13(16)14(17)7-11/h2-8,10,15,19-20H,9H2,1H3. The van der Waals surface area contributed by atoms with Crippen LogP contribution in [-0.4, -0.2) is 16.7 Å². The highest BCUT2D eigenvalue weighted by molar-refractivity contribution is 6.30. The lowest BCUT2D eigenvalue weighted by molar-refractivity contribution is 0.235. The minimum atomic E-state index is -0.488. The maximum Gasteiger partial charge on any atom is 0.142 e. The summed E-state index contributed by atoms with van der Waals surface area (Å²) in [6.45, 7) is 1.83. The summed E-state index contributed by atoms with van der Waals surface area (Å²) in [5.74, 6) is -0.488. The summed E-state index contributed by atoms with van der Waals surface area (Å²) in [7, 11) is 0. The Kier molecular flexibility index (Phi) is 5.06. The predicted molar refractivity (Wildman–Crippen MR) is 77.0 cm³/mol. The molecule has 2 atom stereocenters. The zero-order chi connectivity index (χ0) is 14.5. The highest BCUT2D eigenvalue weighted by Crippen LogP contribution is 2.22. The molecule has 0 radical (unpaired) electrons. The van der Waals surface area contributed by atoms with E-state index < -0.39 is 5.82 Å². The topological polar surface area (TPSA) is 45.1 Å². The number of benzene rings is 1. The fourth-order valence-electron chi connectivity index (χ4n) is 2.01. The molecule has 0 saturated carbocycles. The lowest BCUT2D eigenvalue weighted by Crippen LogP contribution is -2.27. The Hall–Kier alpha value is -1.49. The van der Waals surface area contributed by atoms with E-state index in [0.717, 1.165) is 5.56 Å². The van der Waals surface area contributed by atoms with Crippen LogP contribution >= 0.6 is 11.6 Å². The SMILES string of the molecule is CC(NC(CO)c1ccc(Cl)c(F)c1)c1cccnc1. The van der Waals surface area contributed by atoms with Crippen molar-refractivity contribution in [2.24, 2.45) is 0 Å². The van der Waals surface area contributed by atoms with E-state index in [0.29, 0.717) is 5.56 Å². The van der Waals surface area contributed by atoms with Gasteiger partial charge in [-0.1, -0.05) is 23.7 Å². The molecule has 2 unspecified atom stereocenters. The number of hydrogen-bond acceptors (Lipinski definition) is 3. The number of aliphatic hydroxyl groups excluding tert-OH is 1. The van der Waals surface area contributed by atoms with Crippen LogP contribution in [-0.2, 0) is 0 Å². The first kappa shape index (κ1) is 14.9. The number of pyridine rings is 1. The normalized spacial score (nSPS) is 14.0. The highest BCUT2D eigenvalue weighted by atomic mass is 35.5. The van der Waals surface area contributed by atoms with Crippen LogP contribution in [0.1, 0.15) is 30.1 Å². The number of hydrogen-bond donors (Lipinski definition) is 2. The van der Waals surface area contributed by atoms with Crippen LogP contribution in [0, 0.1) is 5.82 Å². The van der Waals surface area contributed by atoms with Crippen molar-refractivity contribution in [1.29, 1.82) is 0 Å². The van der Waals surface area contributed by atoms with Crippen LogP contribution in [0.2, 0.25) is 5.02 Å². The molecule has 1 aromatic heterocycles. The van der Waals surface area contributed by atoms with E-state index in [9.17, 15) is 9.50 Å². The fraction of sp³-hybridized carbons (Fsp3) is 0.267. The van der Waals surface area contributed by atoms with E-state index in [4.69, 9.17) is 11.6 Å². The van der Waals surface area contributed by atoms with Crippen molar-refractivity contribution in [3.63, 3.8) is 0 Å². The van der Waals surface area contributed by atoms with Gasteiger partial charge in [-0.2, -0.15) is 0 Å². The molecule has 0 bridgehead atoms. The van der Waals surface area contributed by atoms with Crippen molar-refractivity contribution in [2.45, 2.75) is 19.0 Å². The molecule has 2 rings (SSSR count). The van der Waals surface area contributed by atoms with Crippen molar-refractivity contribution in [1.82, 2.24) is 10.3 Å². The molecule has 0 aliphatic rings. The molecule has 3 nitrogen and oxygen atoms in total. The second-order valence-corrected chi connectivity index (χ2v) is 4.99. The molecule has 0 spiro atoms. The Balaban J connectivity index is 2.14.